The average Bonchev–Trinajstić information content (AvgIpc) is 3.13. The van der Waals surface area contributed by atoms with Gasteiger partial charge in [0.05, 0.1) is 0 Å². The second-order valence-corrected chi connectivity index (χ2v) is 11.4. The minimum atomic E-state index is 1.12. The van der Waals surface area contributed by atoms with E-state index < -0.39 is 0 Å². The third kappa shape index (κ3) is 5.15. The van der Waals surface area contributed by atoms with E-state index in [9.17, 15) is 0 Å². The summed E-state index contributed by atoms with van der Waals surface area (Å²) in [7, 11) is 0. The molecule has 0 N–H and O–H groups in total. The normalized spacial score (nSPS) is 11.1. The molecule has 0 aliphatic rings. The van der Waals surface area contributed by atoms with Gasteiger partial charge in [-0.15, -0.1) is 0 Å². The van der Waals surface area contributed by atoms with Crippen molar-refractivity contribution in [1.82, 2.24) is 0 Å². The molecule has 0 amide bonds. The summed E-state index contributed by atoms with van der Waals surface area (Å²) in [6.07, 6.45) is 0. The maximum atomic E-state index is 2.33. The summed E-state index contributed by atoms with van der Waals surface area (Å²) >= 11 is 0. The summed E-state index contributed by atoms with van der Waals surface area (Å²) in [6.45, 7) is 0. The van der Waals surface area contributed by atoms with E-state index in [2.05, 4.69) is 193 Å². The number of fused-ring (bicyclic) bond motifs is 3. The number of hydrogen-bond acceptors (Lipinski definition) is 1. The van der Waals surface area contributed by atoms with Crippen molar-refractivity contribution in [2.24, 2.45) is 0 Å². The Morgan fingerprint density at radius 2 is 0.733 bits per heavy atom. The number of para-hydroxylation sites is 1. The van der Waals surface area contributed by atoms with Crippen LogP contribution in [0.25, 0.3) is 54.9 Å². The van der Waals surface area contributed by atoms with Crippen molar-refractivity contribution in [2.45, 2.75) is 0 Å². The van der Waals surface area contributed by atoms with Gasteiger partial charge in [-0.05, 0) is 103 Å². The van der Waals surface area contributed by atoms with Gasteiger partial charge in [0.2, 0.25) is 0 Å². The maximum Gasteiger partial charge on any atom is 0.0462 e. The molecule has 0 bridgehead atoms. The predicted octanol–water partition coefficient (Wildman–Crippen LogP) is 12.5. The van der Waals surface area contributed by atoms with Gasteiger partial charge < -0.3 is 4.90 Å². The Kier molecular flexibility index (Phi) is 6.90. The SMILES string of the molecule is c1ccc(-c2ccc(N(c3ccccc3)c3ccc(-c4cccc(-c5cc6ccccc6c6ccccc56)c4)cc3)cc2)cc1. The quantitative estimate of drug-likeness (QED) is 0.179. The fourth-order valence-electron chi connectivity index (χ4n) is 6.42. The highest BCUT2D eigenvalue weighted by Gasteiger charge is 2.14. The molecule has 8 aromatic carbocycles. The Bertz CT molecular complexity index is 2230. The maximum absolute atomic E-state index is 2.33. The molecule has 1 nitrogen and oxygen atoms in total. The van der Waals surface area contributed by atoms with Crippen LogP contribution in [0.5, 0.6) is 0 Å². The number of rotatable bonds is 6. The number of anilines is 3. The van der Waals surface area contributed by atoms with Gasteiger partial charge in [-0.3, -0.25) is 0 Å². The van der Waals surface area contributed by atoms with E-state index >= 15 is 0 Å². The zero-order valence-corrected chi connectivity index (χ0v) is 24.8. The fraction of sp³-hybridized carbons (Fsp3) is 0. The molecule has 212 valence electrons. The molecular formula is C44H31N. The van der Waals surface area contributed by atoms with Crippen molar-refractivity contribution < 1.29 is 0 Å². The van der Waals surface area contributed by atoms with Gasteiger partial charge in [0.25, 0.3) is 0 Å². The van der Waals surface area contributed by atoms with E-state index in [0.717, 1.165) is 17.1 Å². The fourth-order valence-corrected chi connectivity index (χ4v) is 6.42. The highest BCUT2D eigenvalue weighted by atomic mass is 15.1. The van der Waals surface area contributed by atoms with Crippen molar-refractivity contribution in [3.8, 4) is 33.4 Å². The Morgan fingerprint density at radius 1 is 0.267 bits per heavy atom. The Labute approximate surface area is 264 Å². The molecule has 0 atom stereocenters. The smallest absolute Gasteiger partial charge is 0.0462 e. The molecule has 0 aliphatic heterocycles. The monoisotopic (exact) mass is 573 g/mol. The second kappa shape index (κ2) is 11.6. The van der Waals surface area contributed by atoms with E-state index in [1.54, 1.807) is 0 Å². The van der Waals surface area contributed by atoms with Gasteiger partial charge >= 0.3 is 0 Å². The lowest BCUT2D eigenvalue weighted by molar-refractivity contribution is 1.28. The van der Waals surface area contributed by atoms with Crippen LogP contribution >= 0.6 is 0 Å². The van der Waals surface area contributed by atoms with E-state index in [1.807, 2.05) is 0 Å². The first kappa shape index (κ1) is 26.7. The lowest BCUT2D eigenvalue weighted by atomic mass is 9.92. The third-order valence-corrected chi connectivity index (χ3v) is 8.65. The molecular weight excluding hydrogens is 542 g/mol. The molecule has 0 spiro atoms. The van der Waals surface area contributed by atoms with Crippen LogP contribution in [0, 0.1) is 0 Å². The van der Waals surface area contributed by atoms with Crippen molar-refractivity contribution in [2.75, 3.05) is 4.90 Å². The molecule has 0 saturated carbocycles. The number of benzene rings is 8. The molecule has 8 aromatic rings. The first-order valence-corrected chi connectivity index (χ1v) is 15.4. The second-order valence-electron chi connectivity index (χ2n) is 11.4. The molecule has 45 heavy (non-hydrogen) atoms. The molecule has 0 radical (unpaired) electrons. The van der Waals surface area contributed by atoms with Crippen LogP contribution in [-0.2, 0) is 0 Å². The Balaban J connectivity index is 1.16. The van der Waals surface area contributed by atoms with Gasteiger partial charge in [-0.2, -0.15) is 0 Å². The van der Waals surface area contributed by atoms with Crippen LogP contribution in [0.2, 0.25) is 0 Å². The highest BCUT2D eigenvalue weighted by molar-refractivity contribution is 6.13. The summed E-state index contributed by atoms with van der Waals surface area (Å²) in [5, 5.41) is 5.12. The summed E-state index contributed by atoms with van der Waals surface area (Å²) in [5.41, 5.74) is 10.7. The molecule has 0 fully saturated rings. The van der Waals surface area contributed by atoms with Crippen LogP contribution in [0.15, 0.2) is 188 Å². The molecule has 0 aromatic heterocycles. The standard InChI is InChI=1S/C44H31N/c1-3-12-32(13-4-1)33-22-26-39(27-23-33)45(38-17-5-2-6-18-38)40-28-24-34(25-29-40)35-15-11-16-36(30-35)44-31-37-14-7-8-19-41(37)42-20-9-10-21-43(42)44/h1-31H. The van der Waals surface area contributed by atoms with Crippen LogP contribution in [0.3, 0.4) is 0 Å². The molecule has 0 aliphatic carbocycles. The topological polar surface area (TPSA) is 3.24 Å². The van der Waals surface area contributed by atoms with Gasteiger partial charge in [0.15, 0.2) is 0 Å². The summed E-state index contributed by atoms with van der Waals surface area (Å²) in [5.74, 6) is 0. The minimum absolute atomic E-state index is 1.12. The summed E-state index contributed by atoms with van der Waals surface area (Å²) < 4.78 is 0. The Morgan fingerprint density at radius 3 is 1.42 bits per heavy atom. The van der Waals surface area contributed by atoms with Crippen molar-refractivity contribution >= 4 is 38.6 Å². The lowest BCUT2D eigenvalue weighted by Crippen LogP contribution is -2.09. The lowest BCUT2D eigenvalue weighted by Gasteiger charge is -2.26. The summed E-state index contributed by atoms with van der Waals surface area (Å²) in [4.78, 5) is 2.32. The largest absolute Gasteiger partial charge is 0.311 e. The highest BCUT2D eigenvalue weighted by Crippen LogP contribution is 2.39. The molecule has 0 unspecified atom stereocenters. The van der Waals surface area contributed by atoms with E-state index in [1.165, 1.54) is 54.9 Å². The predicted molar refractivity (Wildman–Crippen MR) is 192 cm³/mol. The molecule has 1 heteroatoms. The van der Waals surface area contributed by atoms with E-state index in [-0.39, 0.29) is 0 Å². The zero-order chi connectivity index (χ0) is 30.0. The summed E-state index contributed by atoms with van der Waals surface area (Å²) in [6, 6.07) is 67.5. The van der Waals surface area contributed by atoms with Gasteiger partial charge in [0.1, 0.15) is 0 Å². The van der Waals surface area contributed by atoms with Crippen molar-refractivity contribution in [3.63, 3.8) is 0 Å². The third-order valence-electron chi connectivity index (χ3n) is 8.65. The molecule has 0 heterocycles. The average molecular weight is 574 g/mol. The van der Waals surface area contributed by atoms with Crippen molar-refractivity contribution in [3.05, 3.63) is 188 Å². The number of hydrogen-bond donors (Lipinski definition) is 0. The van der Waals surface area contributed by atoms with E-state index in [0.29, 0.717) is 0 Å². The first-order chi connectivity index (χ1) is 22.3. The van der Waals surface area contributed by atoms with Gasteiger partial charge in [-0.1, -0.05) is 140 Å². The van der Waals surface area contributed by atoms with Crippen molar-refractivity contribution in [1.29, 1.82) is 0 Å². The first-order valence-electron chi connectivity index (χ1n) is 15.4. The van der Waals surface area contributed by atoms with Crippen LogP contribution in [-0.4, -0.2) is 0 Å². The van der Waals surface area contributed by atoms with E-state index in [4.69, 9.17) is 0 Å². The Hall–Kier alpha value is -5.92. The number of nitrogens with zero attached hydrogens (tertiary/aromatic N) is 1. The molecule has 8 rings (SSSR count). The van der Waals surface area contributed by atoms with Gasteiger partial charge in [0, 0.05) is 17.1 Å². The van der Waals surface area contributed by atoms with Crippen LogP contribution < -0.4 is 4.90 Å². The van der Waals surface area contributed by atoms with Crippen LogP contribution in [0.4, 0.5) is 17.1 Å². The zero-order valence-electron chi connectivity index (χ0n) is 24.8. The minimum Gasteiger partial charge on any atom is -0.311 e. The molecule has 0 saturated heterocycles. The van der Waals surface area contributed by atoms with Gasteiger partial charge in [-0.25, -0.2) is 0 Å². The van der Waals surface area contributed by atoms with Crippen LogP contribution in [0.1, 0.15) is 0 Å².